The number of nitrogens with two attached hydrogens (primary N) is 1. The van der Waals surface area contributed by atoms with Crippen LogP contribution in [0.4, 0.5) is 13.2 Å². The second-order valence-electron chi connectivity index (χ2n) is 4.66. The molecule has 0 saturated carbocycles. The fourth-order valence-corrected chi connectivity index (χ4v) is 4.29. The smallest absolute Gasteiger partial charge is 0.330 e. The van der Waals surface area contributed by atoms with Gasteiger partial charge in [-0.25, -0.2) is 8.42 Å². The molecule has 106 valence electrons. The first-order valence-corrected chi connectivity index (χ1v) is 7.55. The van der Waals surface area contributed by atoms with E-state index in [-0.39, 0.29) is 22.1 Å². The molecule has 0 aliphatic carbocycles. The Bertz CT molecular complexity index is 581. The van der Waals surface area contributed by atoms with E-state index < -0.39 is 21.6 Å². The van der Waals surface area contributed by atoms with Crippen LogP contribution >= 0.6 is 0 Å². The van der Waals surface area contributed by atoms with Crippen LogP contribution in [0.25, 0.3) is 0 Å². The average molecular weight is 293 g/mol. The molecule has 2 N–H and O–H groups in total. The normalized spacial score (nSPS) is 21.4. The summed E-state index contributed by atoms with van der Waals surface area (Å²) in [5.41, 5.74) is 4.84. The first kappa shape index (κ1) is 14.3. The van der Waals surface area contributed by atoms with Crippen LogP contribution in [0.1, 0.15) is 29.9 Å². The van der Waals surface area contributed by atoms with E-state index in [0.29, 0.717) is 19.4 Å². The van der Waals surface area contributed by atoms with E-state index >= 15 is 0 Å². The molecule has 2 rings (SSSR count). The molecule has 1 aromatic carbocycles. The van der Waals surface area contributed by atoms with Crippen molar-refractivity contribution >= 4 is 9.84 Å². The fraction of sp³-hybridized carbons (Fsp3) is 0.500. The molecule has 1 atom stereocenters. The van der Waals surface area contributed by atoms with Crippen molar-refractivity contribution in [2.24, 2.45) is 5.73 Å². The number of rotatable bonds is 3. The van der Waals surface area contributed by atoms with Gasteiger partial charge in [-0.1, -0.05) is 0 Å². The van der Waals surface area contributed by atoms with Gasteiger partial charge >= 0.3 is 6.18 Å². The van der Waals surface area contributed by atoms with Crippen molar-refractivity contribution in [2.45, 2.75) is 29.8 Å². The van der Waals surface area contributed by atoms with E-state index in [1.165, 1.54) is 0 Å². The Morgan fingerprint density at radius 2 is 2.00 bits per heavy atom. The van der Waals surface area contributed by atoms with Gasteiger partial charge in [0.25, 0.3) is 0 Å². The quantitative estimate of drug-likeness (QED) is 0.930. The molecule has 1 aliphatic heterocycles. The maximum Gasteiger partial charge on any atom is 0.416 e. The minimum absolute atomic E-state index is 0.0301. The second-order valence-corrected chi connectivity index (χ2v) is 6.66. The van der Waals surface area contributed by atoms with Gasteiger partial charge in [0.2, 0.25) is 0 Å². The first-order valence-electron chi connectivity index (χ1n) is 5.89. The fourth-order valence-electron chi connectivity index (χ4n) is 2.37. The van der Waals surface area contributed by atoms with Crippen molar-refractivity contribution in [1.82, 2.24) is 0 Å². The summed E-state index contributed by atoms with van der Waals surface area (Å²) in [6, 6.07) is 2.85. The van der Waals surface area contributed by atoms with E-state index in [2.05, 4.69) is 0 Å². The molecule has 0 amide bonds. The highest BCUT2D eigenvalue weighted by atomic mass is 32.2. The van der Waals surface area contributed by atoms with Crippen LogP contribution in [-0.4, -0.2) is 20.7 Å². The lowest BCUT2D eigenvalue weighted by molar-refractivity contribution is -0.137. The summed E-state index contributed by atoms with van der Waals surface area (Å²) in [6.45, 7) is 0.394. The van der Waals surface area contributed by atoms with Crippen molar-refractivity contribution in [3.05, 3.63) is 29.3 Å². The van der Waals surface area contributed by atoms with Gasteiger partial charge in [0.1, 0.15) is 0 Å². The summed E-state index contributed by atoms with van der Waals surface area (Å²) in [5, 5.41) is 0. The second kappa shape index (κ2) is 4.79. The van der Waals surface area contributed by atoms with Gasteiger partial charge in [-0.2, -0.15) is 13.2 Å². The summed E-state index contributed by atoms with van der Waals surface area (Å²) in [5.74, 6) is -0.505. The van der Waals surface area contributed by atoms with Crippen molar-refractivity contribution < 1.29 is 21.6 Å². The zero-order valence-electron chi connectivity index (χ0n) is 10.1. The average Bonchev–Trinajstić information content (AvgIpc) is 2.57. The lowest BCUT2D eigenvalue weighted by Gasteiger charge is -2.12. The minimum atomic E-state index is -4.46. The van der Waals surface area contributed by atoms with E-state index in [1.807, 2.05) is 0 Å². The van der Waals surface area contributed by atoms with Gasteiger partial charge in [0, 0.05) is 0 Å². The van der Waals surface area contributed by atoms with Gasteiger partial charge < -0.3 is 5.73 Å². The van der Waals surface area contributed by atoms with Crippen LogP contribution in [0.5, 0.6) is 0 Å². The van der Waals surface area contributed by atoms with Crippen LogP contribution in [0.2, 0.25) is 0 Å². The minimum Gasteiger partial charge on any atom is -0.330 e. The van der Waals surface area contributed by atoms with Gasteiger partial charge in [0.15, 0.2) is 9.84 Å². The SMILES string of the molecule is NCCCC1CS(=O)(=O)c2ccc(C(F)(F)F)cc21. The summed E-state index contributed by atoms with van der Waals surface area (Å²) in [7, 11) is -3.46. The number of alkyl halides is 3. The number of hydrogen-bond acceptors (Lipinski definition) is 3. The first-order chi connectivity index (χ1) is 8.75. The Kier molecular flexibility index (Phi) is 3.61. The van der Waals surface area contributed by atoms with Crippen molar-refractivity contribution in [3.63, 3.8) is 0 Å². The van der Waals surface area contributed by atoms with Gasteiger partial charge in [-0.05, 0) is 49.1 Å². The maximum absolute atomic E-state index is 12.7. The lowest BCUT2D eigenvalue weighted by atomic mass is 9.95. The molecule has 0 aromatic heterocycles. The molecular weight excluding hydrogens is 279 g/mol. The number of sulfone groups is 1. The molecule has 1 aliphatic rings. The predicted molar refractivity (Wildman–Crippen MR) is 64.5 cm³/mol. The zero-order chi connectivity index (χ0) is 14.3. The molecule has 1 heterocycles. The molecular formula is C12H14F3NO2S. The Balaban J connectivity index is 2.45. The monoisotopic (exact) mass is 293 g/mol. The molecule has 7 heteroatoms. The zero-order valence-corrected chi connectivity index (χ0v) is 10.9. The Labute approximate surface area is 109 Å². The Morgan fingerprint density at radius 1 is 1.32 bits per heavy atom. The van der Waals surface area contributed by atoms with Gasteiger partial charge in [-0.3, -0.25) is 0 Å². The largest absolute Gasteiger partial charge is 0.416 e. The highest BCUT2D eigenvalue weighted by molar-refractivity contribution is 7.91. The van der Waals surface area contributed by atoms with Crippen LogP contribution < -0.4 is 5.73 Å². The third-order valence-electron chi connectivity index (χ3n) is 3.29. The highest BCUT2D eigenvalue weighted by Crippen LogP contribution is 2.40. The molecule has 0 radical (unpaired) electrons. The van der Waals surface area contributed by atoms with Crippen LogP contribution in [0.3, 0.4) is 0 Å². The van der Waals surface area contributed by atoms with Gasteiger partial charge in [-0.15, -0.1) is 0 Å². The third-order valence-corrected chi connectivity index (χ3v) is 5.17. The Hall–Kier alpha value is -1.08. The molecule has 0 fully saturated rings. The van der Waals surface area contributed by atoms with Crippen molar-refractivity contribution in [2.75, 3.05) is 12.3 Å². The molecule has 1 aromatic rings. The third kappa shape index (κ3) is 2.76. The predicted octanol–water partition coefficient (Wildman–Crippen LogP) is 2.32. The lowest BCUT2D eigenvalue weighted by Crippen LogP contribution is -2.08. The number of benzene rings is 1. The molecule has 0 bridgehead atoms. The van der Waals surface area contributed by atoms with E-state index in [4.69, 9.17) is 5.73 Å². The van der Waals surface area contributed by atoms with E-state index in [0.717, 1.165) is 18.2 Å². The molecule has 1 unspecified atom stereocenters. The number of hydrogen-bond donors (Lipinski definition) is 1. The maximum atomic E-state index is 12.7. The molecule has 3 nitrogen and oxygen atoms in total. The number of halogens is 3. The van der Waals surface area contributed by atoms with Gasteiger partial charge in [0.05, 0.1) is 16.2 Å². The van der Waals surface area contributed by atoms with E-state index in [1.54, 1.807) is 0 Å². The van der Waals surface area contributed by atoms with E-state index in [9.17, 15) is 21.6 Å². The molecule has 0 spiro atoms. The van der Waals surface area contributed by atoms with Crippen LogP contribution in [0, 0.1) is 0 Å². The number of fused-ring (bicyclic) bond motifs is 1. The van der Waals surface area contributed by atoms with Crippen molar-refractivity contribution in [3.8, 4) is 0 Å². The summed E-state index contributed by atoms with van der Waals surface area (Å²) >= 11 is 0. The van der Waals surface area contributed by atoms with Crippen LogP contribution in [0.15, 0.2) is 23.1 Å². The highest BCUT2D eigenvalue weighted by Gasteiger charge is 2.38. The summed E-state index contributed by atoms with van der Waals surface area (Å²) in [6.07, 6.45) is -3.38. The standard InChI is InChI=1S/C12H14F3NO2S/c13-12(14,15)9-3-4-11-10(6-9)8(2-1-5-16)7-19(11,17)18/h3-4,6,8H,1-2,5,7,16H2. The van der Waals surface area contributed by atoms with Crippen molar-refractivity contribution in [1.29, 1.82) is 0 Å². The molecule has 0 saturated heterocycles. The summed E-state index contributed by atoms with van der Waals surface area (Å²) in [4.78, 5) is 0.0301. The topological polar surface area (TPSA) is 60.2 Å². The Morgan fingerprint density at radius 3 is 2.58 bits per heavy atom. The van der Waals surface area contributed by atoms with Crippen LogP contribution in [-0.2, 0) is 16.0 Å². The summed E-state index contributed by atoms with van der Waals surface area (Å²) < 4.78 is 61.7. The molecule has 19 heavy (non-hydrogen) atoms.